The lowest BCUT2D eigenvalue weighted by atomic mass is 10.1. The lowest BCUT2D eigenvalue weighted by molar-refractivity contribution is 0.0726. The van der Waals surface area contributed by atoms with Crippen LogP contribution in [-0.2, 0) is 0 Å². The summed E-state index contributed by atoms with van der Waals surface area (Å²) in [6.45, 7) is 0.711. The van der Waals surface area contributed by atoms with E-state index in [4.69, 9.17) is 4.98 Å². The largest absolute Gasteiger partial charge is 0.361 e. The SMILES string of the molecule is CN(C)c1nc([C@@H]2CCCN2C(=O)c2cnccn2)cn2cccc12. The number of amides is 1. The number of anilines is 1. The fourth-order valence-corrected chi connectivity index (χ4v) is 3.41. The number of rotatable bonds is 3. The topological polar surface area (TPSA) is 66.6 Å². The number of hydrogen-bond donors (Lipinski definition) is 0. The summed E-state index contributed by atoms with van der Waals surface area (Å²) in [4.78, 5) is 29.7. The molecule has 128 valence electrons. The molecule has 7 heteroatoms. The molecule has 0 aromatic carbocycles. The molecule has 3 aromatic rings. The third-order valence-electron chi connectivity index (χ3n) is 4.58. The summed E-state index contributed by atoms with van der Waals surface area (Å²) in [5.74, 6) is 0.817. The maximum Gasteiger partial charge on any atom is 0.274 e. The molecule has 0 N–H and O–H groups in total. The predicted octanol–water partition coefficient (Wildman–Crippen LogP) is 2.17. The van der Waals surface area contributed by atoms with Gasteiger partial charge in [-0.1, -0.05) is 0 Å². The Morgan fingerprint density at radius 3 is 2.96 bits per heavy atom. The van der Waals surface area contributed by atoms with Gasteiger partial charge in [0.25, 0.3) is 5.91 Å². The minimum absolute atomic E-state index is 0.0417. The van der Waals surface area contributed by atoms with Gasteiger partial charge in [-0.2, -0.15) is 0 Å². The van der Waals surface area contributed by atoms with Gasteiger partial charge in [-0.3, -0.25) is 9.78 Å². The molecule has 1 aliphatic rings. The van der Waals surface area contributed by atoms with Crippen LogP contribution in [0.15, 0.2) is 43.1 Å². The number of fused-ring (bicyclic) bond motifs is 1. The molecule has 0 unspecified atom stereocenters. The summed E-state index contributed by atoms with van der Waals surface area (Å²) in [5, 5.41) is 0. The van der Waals surface area contributed by atoms with Gasteiger partial charge in [-0.25, -0.2) is 9.97 Å². The molecule has 0 spiro atoms. The third kappa shape index (κ3) is 2.71. The lowest BCUT2D eigenvalue weighted by Crippen LogP contribution is -2.32. The van der Waals surface area contributed by atoms with E-state index >= 15 is 0 Å². The summed E-state index contributed by atoms with van der Waals surface area (Å²) >= 11 is 0. The van der Waals surface area contributed by atoms with Gasteiger partial charge in [0, 0.05) is 45.4 Å². The van der Waals surface area contributed by atoms with Gasteiger partial charge in [0.1, 0.15) is 5.69 Å². The predicted molar refractivity (Wildman–Crippen MR) is 94.6 cm³/mol. The highest BCUT2D eigenvalue weighted by Gasteiger charge is 2.33. The molecule has 25 heavy (non-hydrogen) atoms. The standard InChI is InChI=1S/C18H20N6O/c1-22(2)17-16-6-3-9-23(16)12-14(21-17)15-5-4-10-24(15)18(25)13-11-19-7-8-20-13/h3,6-9,11-12,15H,4-5,10H2,1-2H3/t15-/m0/s1. The van der Waals surface area contributed by atoms with Crippen molar-refractivity contribution in [2.45, 2.75) is 18.9 Å². The van der Waals surface area contributed by atoms with Crippen LogP contribution in [0, 0.1) is 0 Å². The Labute approximate surface area is 145 Å². The Kier molecular flexibility index (Phi) is 3.83. The van der Waals surface area contributed by atoms with Crippen molar-refractivity contribution < 1.29 is 4.79 Å². The molecular formula is C18H20N6O. The number of carbonyl (C=O) groups is 1. The van der Waals surface area contributed by atoms with Crippen molar-refractivity contribution >= 4 is 17.2 Å². The zero-order valence-corrected chi connectivity index (χ0v) is 14.3. The monoisotopic (exact) mass is 336 g/mol. The lowest BCUT2D eigenvalue weighted by Gasteiger charge is -2.25. The number of aromatic nitrogens is 4. The van der Waals surface area contributed by atoms with E-state index in [2.05, 4.69) is 14.4 Å². The van der Waals surface area contributed by atoms with Crippen LogP contribution in [0.2, 0.25) is 0 Å². The molecule has 0 aliphatic carbocycles. The zero-order chi connectivity index (χ0) is 17.4. The summed E-state index contributed by atoms with van der Waals surface area (Å²) in [7, 11) is 3.96. The van der Waals surface area contributed by atoms with Crippen LogP contribution >= 0.6 is 0 Å². The second-order valence-corrected chi connectivity index (χ2v) is 6.43. The average molecular weight is 336 g/mol. The van der Waals surface area contributed by atoms with E-state index in [1.54, 1.807) is 12.4 Å². The maximum absolute atomic E-state index is 12.8. The van der Waals surface area contributed by atoms with Crippen molar-refractivity contribution in [2.75, 3.05) is 25.5 Å². The van der Waals surface area contributed by atoms with Crippen molar-refractivity contribution in [2.24, 2.45) is 0 Å². The minimum atomic E-state index is -0.0867. The van der Waals surface area contributed by atoms with Gasteiger partial charge in [-0.05, 0) is 25.0 Å². The first kappa shape index (κ1) is 15.6. The molecule has 1 atom stereocenters. The van der Waals surface area contributed by atoms with E-state index in [-0.39, 0.29) is 11.9 Å². The molecule has 1 fully saturated rings. The molecule has 0 saturated carbocycles. The number of nitrogens with zero attached hydrogens (tertiary/aromatic N) is 6. The molecular weight excluding hydrogens is 316 g/mol. The Morgan fingerprint density at radius 1 is 1.32 bits per heavy atom. The average Bonchev–Trinajstić information content (AvgIpc) is 3.29. The van der Waals surface area contributed by atoms with Crippen molar-refractivity contribution in [3.05, 3.63) is 54.5 Å². The van der Waals surface area contributed by atoms with Crippen LogP contribution < -0.4 is 4.90 Å². The molecule has 4 heterocycles. The number of carbonyl (C=O) groups excluding carboxylic acids is 1. The van der Waals surface area contributed by atoms with Gasteiger partial charge < -0.3 is 14.2 Å². The van der Waals surface area contributed by atoms with E-state index in [0.717, 1.165) is 29.9 Å². The molecule has 1 aliphatic heterocycles. The van der Waals surface area contributed by atoms with Crippen LogP contribution in [0.25, 0.3) is 5.52 Å². The Bertz CT molecular complexity index is 904. The van der Waals surface area contributed by atoms with Crippen LogP contribution in [0.3, 0.4) is 0 Å². The first-order valence-corrected chi connectivity index (χ1v) is 8.37. The van der Waals surface area contributed by atoms with Crippen molar-refractivity contribution in [1.29, 1.82) is 0 Å². The molecule has 0 bridgehead atoms. The van der Waals surface area contributed by atoms with E-state index in [1.165, 1.54) is 6.20 Å². The highest BCUT2D eigenvalue weighted by molar-refractivity contribution is 5.92. The zero-order valence-electron chi connectivity index (χ0n) is 14.3. The van der Waals surface area contributed by atoms with Gasteiger partial charge >= 0.3 is 0 Å². The van der Waals surface area contributed by atoms with Crippen molar-refractivity contribution in [3.63, 3.8) is 0 Å². The van der Waals surface area contributed by atoms with E-state index in [9.17, 15) is 4.79 Å². The quantitative estimate of drug-likeness (QED) is 0.733. The fourth-order valence-electron chi connectivity index (χ4n) is 3.41. The van der Waals surface area contributed by atoms with Crippen LogP contribution in [0.5, 0.6) is 0 Å². The summed E-state index contributed by atoms with van der Waals surface area (Å²) in [6, 6.07) is 4.01. The summed E-state index contributed by atoms with van der Waals surface area (Å²) < 4.78 is 2.07. The molecule has 3 aromatic heterocycles. The molecule has 1 saturated heterocycles. The van der Waals surface area contributed by atoms with E-state index < -0.39 is 0 Å². The Hall–Kier alpha value is -2.96. The van der Waals surface area contributed by atoms with Gasteiger partial charge in [-0.15, -0.1) is 0 Å². The van der Waals surface area contributed by atoms with Gasteiger partial charge in [0.05, 0.1) is 23.4 Å². The second-order valence-electron chi connectivity index (χ2n) is 6.43. The van der Waals surface area contributed by atoms with E-state index in [1.807, 2.05) is 48.4 Å². The van der Waals surface area contributed by atoms with E-state index in [0.29, 0.717) is 12.2 Å². The molecule has 0 radical (unpaired) electrons. The Balaban J connectivity index is 1.73. The molecule has 4 rings (SSSR count). The molecule has 1 amide bonds. The van der Waals surface area contributed by atoms with Crippen LogP contribution in [0.1, 0.15) is 35.1 Å². The van der Waals surface area contributed by atoms with Crippen molar-refractivity contribution in [3.8, 4) is 0 Å². The summed E-state index contributed by atoms with van der Waals surface area (Å²) in [5.41, 5.74) is 2.34. The second kappa shape index (κ2) is 6.16. The summed E-state index contributed by atoms with van der Waals surface area (Å²) in [6.07, 6.45) is 10.5. The maximum atomic E-state index is 12.8. The highest BCUT2D eigenvalue weighted by atomic mass is 16.2. The first-order valence-electron chi connectivity index (χ1n) is 8.37. The normalized spacial score (nSPS) is 17.2. The van der Waals surface area contributed by atoms with Crippen LogP contribution in [0.4, 0.5) is 5.82 Å². The first-order chi connectivity index (χ1) is 12.1. The fraction of sp³-hybridized carbons (Fsp3) is 0.333. The number of likely N-dealkylation sites (tertiary alicyclic amines) is 1. The highest BCUT2D eigenvalue weighted by Crippen LogP contribution is 2.33. The Morgan fingerprint density at radius 2 is 2.20 bits per heavy atom. The van der Waals surface area contributed by atoms with Crippen LogP contribution in [-0.4, -0.2) is 50.8 Å². The molecule has 7 nitrogen and oxygen atoms in total. The smallest absolute Gasteiger partial charge is 0.274 e. The minimum Gasteiger partial charge on any atom is -0.361 e. The number of hydrogen-bond acceptors (Lipinski definition) is 5. The van der Waals surface area contributed by atoms with Gasteiger partial charge in [0.15, 0.2) is 5.82 Å². The van der Waals surface area contributed by atoms with Crippen molar-refractivity contribution in [1.82, 2.24) is 24.3 Å². The third-order valence-corrected chi connectivity index (χ3v) is 4.58. The van der Waals surface area contributed by atoms with Gasteiger partial charge in [0.2, 0.25) is 0 Å².